The third kappa shape index (κ3) is 3.76. The fourth-order valence-corrected chi connectivity index (χ4v) is 4.19. The number of hydrogen-bond donors (Lipinski definition) is 4. The quantitative estimate of drug-likeness (QED) is 0.651. The minimum absolute atomic E-state index is 0.0308. The molecule has 0 radical (unpaired) electrons. The third-order valence-electron chi connectivity index (χ3n) is 5.99. The minimum atomic E-state index is -0.0505. The Bertz CT molecular complexity index is 671. The number of hydrogen-bond acceptors (Lipinski definition) is 4. The van der Waals surface area contributed by atoms with E-state index in [4.69, 9.17) is 0 Å². The maximum Gasteiger partial charge on any atom is 0.227 e. The van der Waals surface area contributed by atoms with E-state index in [0.717, 1.165) is 43.5 Å². The first kappa shape index (κ1) is 17.5. The Morgan fingerprint density at radius 2 is 1.85 bits per heavy atom. The van der Waals surface area contributed by atoms with Crippen LogP contribution in [0, 0.1) is 17.8 Å². The number of amides is 2. The smallest absolute Gasteiger partial charge is 0.227 e. The lowest BCUT2D eigenvalue weighted by Crippen LogP contribution is -2.48. The van der Waals surface area contributed by atoms with Crippen molar-refractivity contribution in [2.24, 2.45) is 17.8 Å². The third-order valence-corrected chi connectivity index (χ3v) is 5.99. The van der Waals surface area contributed by atoms with Gasteiger partial charge in [0.15, 0.2) is 0 Å². The molecule has 2 amide bonds. The lowest BCUT2D eigenvalue weighted by Gasteiger charge is -2.32. The van der Waals surface area contributed by atoms with Crippen molar-refractivity contribution in [2.75, 3.05) is 11.9 Å². The van der Waals surface area contributed by atoms with Crippen molar-refractivity contribution >= 4 is 17.5 Å². The van der Waals surface area contributed by atoms with Gasteiger partial charge in [-0.1, -0.05) is 18.6 Å². The average molecular weight is 356 g/mol. The van der Waals surface area contributed by atoms with Gasteiger partial charge < -0.3 is 10.6 Å². The molecule has 6 nitrogen and oxygen atoms in total. The standard InChI is InChI=1S/C20H28N4O2/c1-12(13-7-9-16(10-8-13)23-19(25)14-5-6-14)22-20(26)17-4-2-3-15-11-21-24-18(15)17/h7-10,12,14-15,17-18,21,24H,2-6,11H2,1H3,(H,22,26)(H,23,25). The first-order chi connectivity index (χ1) is 12.6. The van der Waals surface area contributed by atoms with Crippen molar-refractivity contribution in [3.63, 3.8) is 0 Å². The summed E-state index contributed by atoms with van der Waals surface area (Å²) in [7, 11) is 0. The number of carbonyl (C=O) groups excluding carboxylic acids is 2. The second-order valence-corrected chi connectivity index (χ2v) is 7.96. The zero-order valence-electron chi connectivity index (χ0n) is 15.3. The Balaban J connectivity index is 1.34. The summed E-state index contributed by atoms with van der Waals surface area (Å²) in [6.07, 6.45) is 5.26. The van der Waals surface area contributed by atoms with E-state index in [9.17, 15) is 9.59 Å². The van der Waals surface area contributed by atoms with Gasteiger partial charge in [0.2, 0.25) is 11.8 Å². The fourth-order valence-electron chi connectivity index (χ4n) is 4.19. The molecule has 1 aromatic carbocycles. The van der Waals surface area contributed by atoms with E-state index in [1.807, 2.05) is 31.2 Å². The molecule has 0 bridgehead atoms. The highest BCUT2D eigenvalue weighted by Crippen LogP contribution is 2.32. The number of benzene rings is 1. The topological polar surface area (TPSA) is 82.3 Å². The summed E-state index contributed by atoms with van der Waals surface area (Å²) in [6, 6.07) is 7.98. The summed E-state index contributed by atoms with van der Waals surface area (Å²) in [5.74, 6) is 1.04. The number of fused-ring (bicyclic) bond motifs is 1. The molecule has 6 heteroatoms. The predicted molar refractivity (Wildman–Crippen MR) is 100 cm³/mol. The fraction of sp³-hybridized carbons (Fsp3) is 0.600. The van der Waals surface area contributed by atoms with Crippen molar-refractivity contribution in [1.29, 1.82) is 0 Å². The molecule has 1 aliphatic heterocycles. The van der Waals surface area contributed by atoms with Crippen molar-refractivity contribution in [3.05, 3.63) is 29.8 Å². The highest BCUT2D eigenvalue weighted by atomic mass is 16.2. The Morgan fingerprint density at radius 3 is 2.58 bits per heavy atom. The molecule has 140 valence electrons. The van der Waals surface area contributed by atoms with Gasteiger partial charge in [-0.15, -0.1) is 0 Å². The van der Waals surface area contributed by atoms with Crippen LogP contribution in [0.5, 0.6) is 0 Å². The van der Waals surface area contributed by atoms with E-state index in [-0.39, 0.29) is 35.7 Å². The molecule has 1 heterocycles. The zero-order chi connectivity index (χ0) is 18.1. The molecule has 1 aromatic rings. The van der Waals surface area contributed by atoms with Crippen LogP contribution in [0.4, 0.5) is 5.69 Å². The SMILES string of the molecule is CC(NC(=O)C1CCCC2CNNC21)c1ccc(NC(=O)C2CC2)cc1. The number of rotatable bonds is 5. The summed E-state index contributed by atoms with van der Waals surface area (Å²) in [6.45, 7) is 2.97. The van der Waals surface area contributed by atoms with E-state index >= 15 is 0 Å². The van der Waals surface area contributed by atoms with Crippen LogP contribution in [-0.2, 0) is 9.59 Å². The van der Waals surface area contributed by atoms with Crippen LogP contribution in [0.15, 0.2) is 24.3 Å². The van der Waals surface area contributed by atoms with E-state index in [1.165, 1.54) is 6.42 Å². The summed E-state index contributed by atoms with van der Waals surface area (Å²) < 4.78 is 0. The lowest BCUT2D eigenvalue weighted by molar-refractivity contribution is -0.127. The van der Waals surface area contributed by atoms with Gasteiger partial charge in [0.05, 0.1) is 12.0 Å². The molecular weight excluding hydrogens is 328 g/mol. The van der Waals surface area contributed by atoms with Gasteiger partial charge >= 0.3 is 0 Å². The van der Waals surface area contributed by atoms with Crippen LogP contribution in [0.25, 0.3) is 0 Å². The normalized spacial score (nSPS) is 28.9. The van der Waals surface area contributed by atoms with Gasteiger partial charge in [-0.3, -0.25) is 20.4 Å². The van der Waals surface area contributed by atoms with Crippen LogP contribution in [0.1, 0.15) is 50.6 Å². The molecule has 3 fully saturated rings. The van der Waals surface area contributed by atoms with Crippen LogP contribution in [0.3, 0.4) is 0 Å². The second-order valence-electron chi connectivity index (χ2n) is 7.96. The molecule has 4 atom stereocenters. The van der Waals surface area contributed by atoms with E-state index in [2.05, 4.69) is 21.5 Å². The summed E-state index contributed by atoms with van der Waals surface area (Å²) in [5.41, 5.74) is 8.36. The number of nitrogens with one attached hydrogen (secondary N) is 4. The summed E-state index contributed by atoms with van der Waals surface area (Å²) in [4.78, 5) is 24.6. The van der Waals surface area contributed by atoms with Crippen LogP contribution in [0.2, 0.25) is 0 Å². The number of carbonyl (C=O) groups is 2. The van der Waals surface area contributed by atoms with Crippen molar-refractivity contribution < 1.29 is 9.59 Å². The van der Waals surface area contributed by atoms with Gasteiger partial charge in [-0.05, 0) is 56.2 Å². The van der Waals surface area contributed by atoms with Crippen LogP contribution in [-0.4, -0.2) is 24.4 Å². The maximum atomic E-state index is 12.8. The molecule has 4 unspecified atom stereocenters. The monoisotopic (exact) mass is 356 g/mol. The Morgan fingerprint density at radius 1 is 1.08 bits per heavy atom. The van der Waals surface area contributed by atoms with Crippen LogP contribution < -0.4 is 21.5 Å². The van der Waals surface area contributed by atoms with E-state index < -0.39 is 0 Å². The molecule has 2 aliphatic carbocycles. The average Bonchev–Trinajstić information content (AvgIpc) is 3.39. The molecule has 26 heavy (non-hydrogen) atoms. The van der Waals surface area contributed by atoms with Gasteiger partial charge in [0.25, 0.3) is 0 Å². The minimum Gasteiger partial charge on any atom is -0.349 e. The Hall–Kier alpha value is -1.92. The molecule has 4 rings (SSSR count). The molecule has 2 saturated carbocycles. The summed E-state index contributed by atoms with van der Waals surface area (Å²) >= 11 is 0. The van der Waals surface area contributed by atoms with Crippen molar-refractivity contribution in [1.82, 2.24) is 16.2 Å². The first-order valence-corrected chi connectivity index (χ1v) is 9.81. The van der Waals surface area contributed by atoms with E-state index in [1.54, 1.807) is 0 Å². The molecule has 4 N–H and O–H groups in total. The molecule has 0 spiro atoms. The largest absolute Gasteiger partial charge is 0.349 e. The molecule has 1 saturated heterocycles. The van der Waals surface area contributed by atoms with Crippen molar-refractivity contribution in [3.8, 4) is 0 Å². The Labute approximate surface area is 154 Å². The second kappa shape index (κ2) is 7.37. The highest BCUT2D eigenvalue weighted by molar-refractivity contribution is 5.94. The predicted octanol–water partition coefficient (Wildman–Crippen LogP) is 2.10. The van der Waals surface area contributed by atoms with Crippen LogP contribution >= 0.6 is 0 Å². The van der Waals surface area contributed by atoms with Gasteiger partial charge in [0, 0.05) is 24.2 Å². The van der Waals surface area contributed by atoms with Gasteiger partial charge in [-0.2, -0.15) is 0 Å². The maximum absolute atomic E-state index is 12.8. The zero-order valence-corrected chi connectivity index (χ0v) is 15.3. The first-order valence-electron chi connectivity index (χ1n) is 9.81. The van der Waals surface area contributed by atoms with Gasteiger partial charge in [-0.25, -0.2) is 0 Å². The summed E-state index contributed by atoms with van der Waals surface area (Å²) in [5, 5.41) is 6.12. The highest BCUT2D eigenvalue weighted by Gasteiger charge is 2.40. The number of hydrazine groups is 1. The van der Waals surface area contributed by atoms with Crippen molar-refractivity contribution in [2.45, 2.75) is 51.1 Å². The Kier molecular flexibility index (Phi) is 4.96. The molecule has 3 aliphatic rings. The van der Waals surface area contributed by atoms with E-state index in [0.29, 0.717) is 5.92 Å². The van der Waals surface area contributed by atoms with Gasteiger partial charge in [0.1, 0.15) is 0 Å². The number of anilines is 1. The lowest BCUT2D eigenvalue weighted by atomic mass is 9.77. The molecular formula is C20H28N4O2. The molecule has 0 aromatic heterocycles.